The van der Waals surface area contributed by atoms with E-state index in [9.17, 15) is 0 Å². The Labute approximate surface area is 78.7 Å². The number of fused-ring (bicyclic) bond motifs is 1. The van der Waals surface area contributed by atoms with Crippen molar-refractivity contribution in [3.63, 3.8) is 0 Å². The van der Waals surface area contributed by atoms with E-state index in [0.29, 0.717) is 0 Å². The second kappa shape index (κ2) is 3.04. The third kappa shape index (κ3) is 1.42. The molecule has 0 unspecified atom stereocenters. The van der Waals surface area contributed by atoms with Crippen LogP contribution in [0.4, 0.5) is 0 Å². The van der Waals surface area contributed by atoms with E-state index in [1.165, 1.54) is 16.7 Å². The summed E-state index contributed by atoms with van der Waals surface area (Å²) in [5, 5.41) is 0. The Morgan fingerprint density at radius 1 is 1.38 bits per heavy atom. The maximum atomic E-state index is 6.00. The zero-order valence-corrected chi connectivity index (χ0v) is 8.13. The largest absolute Gasteiger partial charge is 0.493 e. The van der Waals surface area contributed by atoms with Crippen molar-refractivity contribution in [1.29, 1.82) is 0 Å². The highest BCUT2D eigenvalue weighted by Crippen LogP contribution is 2.34. The monoisotopic (exact) mass is 177 g/mol. The standard InChI is InChI=1S/C11H15NO/c1-7-5-8(2)11-9(6-7)10(12)3-4-13-11/h5-6,10H,3-4,12H2,1-2H3/t10-/m0/s1. The van der Waals surface area contributed by atoms with Crippen LogP contribution >= 0.6 is 0 Å². The maximum absolute atomic E-state index is 6.00. The molecule has 1 aliphatic rings. The first kappa shape index (κ1) is 8.57. The molecule has 1 atom stereocenters. The van der Waals surface area contributed by atoms with Crippen molar-refractivity contribution in [2.75, 3.05) is 6.61 Å². The summed E-state index contributed by atoms with van der Waals surface area (Å²) in [4.78, 5) is 0. The zero-order chi connectivity index (χ0) is 9.42. The van der Waals surface area contributed by atoms with Gasteiger partial charge in [-0.2, -0.15) is 0 Å². The van der Waals surface area contributed by atoms with E-state index in [2.05, 4.69) is 26.0 Å². The molecule has 1 heterocycles. The van der Waals surface area contributed by atoms with E-state index in [-0.39, 0.29) is 6.04 Å². The van der Waals surface area contributed by atoms with Crippen molar-refractivity contribution in [3.05, 3.63) is 28.8 Å². The molecule has 0 saturated heterocycles. The lowest BCUT2D eigenvalue weighted by Gasteiger charge is -2.24. The Hall–Kier alpha value is -1.02. The lowest BCUT2D eigenvalue weighted by Crippen LogP contribution is -2.21. The van der Waals surface area contributed by atoms with Crippen molar-refractivity contribution in [2.45, 2.75) is 26.3 Å². The average molecular weight is 177 g/mol. The van der Waals surface area contributed by atoms with Crippen LogP contribution in [0.3, 0.4) is 0 Å². The second-order valence-corrected chi connectivity index (χ2v) is 3.74. The van der Waals surface area contributed by atoms with Gasteiger partial charge in [-0.1, -0.05) is 17.7 Å². The molecule has 0 aromatic heterocycles. The van der Waals surface area contributed by atoms with E-state index in [1.807, 2.05) is 0 Å². The van der Waals surface area contributed by atoms with Crippen LogP contribution in [0.1, 0.15) is 29.2 Å². The van der Waals surface area contributed by atoms with Gasteiger partial charge in [-0.15, -0.1) is 0 Å². The molecule has 1 aromatic carbocycles. The molecule has 2 N–H and O–H groups in total. The van der Waals surface area contributed by atoms with Crippen molar-refractivity contribution < 1.29 is 4.74 Å². The Morgan fingerprint density at radius 2 is 2.15 bits per heavy atom. The highest BCUT2D eigenvalue weighted by atomic mass is 16.5. The van der Waals surface area contributed by atoms with Gasteiger partial charge >= 0.3 is 0 Å². The highest BCUT2D eigenvalue weighted by Gasteiger charge is 2.19. The molecule has 1 aliphatic heterocycles. The fraction of sp³-hybridized carbons (Fsp3) is 0.455. The SMILES string of the molecule is Cc1cc(C)c2c(c1)[C@@H](N)CCO2. The minimum absolute atomic E-state index is 0.155. The fourth-order valence-corrected chi connectivity index (χ4v) is 1.90. The smallest absolute Gasteiger partial charge is 0.126 e. The van der Waals surface area contributed by atoms with Crippen LogP contribution in [-0.2, 0) is 0 Å². The van der Waals surface area contributed by atoms with Crippen molar-refractivity contribution >= 4 is 0 Å². The van der Waals surface area contributed by atoms with Gasteiger partial charge in [0, 0.05) is 18.0 Å². The number of hydrogen-bond acceptors (Lipinski definition) is 2. The predicted molar refractivity (Wildman–Crippen MR) is 53.0 cm³/mol. The Morgan fingerprint density at radius 3 is 2.92 bits per heavy atom. The molecule has 1 aromatic rings. The second-order valence-electron chi connectivity index (χ2n) is 3.74. The summed E-state index contributed by atoms with van der Waals surface area (Å²) < 4.78 is 5.60. The number of aryl methyl sites for hydroxylation is 2. The van der Waals surface area contributed by atoms with E-state index in [4.69, 9.17) is 10.5 Å². The quantitative estimate of drug-likeness (QED) is 0.658. The highest BCUT2D eigenvalue weighted by molar-refractivity contribution is 5.46. The number of rotatable bonds is 0. The summed E-state index contributed by atoms with van der Waals surface area (Å²) in [5.74, 6) is 1.00. The molecule has 0 radical (unpaired) electrons. The molecule has 2 rings (SSSR count). The summed E-state index contributed by atoms with van der Waals surface area (Å²) in [6.45, 7) is 4.91. The molecule has 2 nitrogen and oxygen atoms in total. The molecule has 0 saturated carbocycles. The molecular weight excluding hydrogens is 162 g/mol. The van der Waals surface area contributed by atoms with Gasteiger partial charge in [0.1, 0.15) is 5.75 Å². The minimum Gasteiger partial charge on any atom is -0.493 e. The topological polar surface area (TPSA) is 35.2 Å². The summed E-state index contributed by atoms with van der Waals surface area (Å²) in [7, 11) is 0. The first-order chi connectivity index (χ1) is 6.18. The third-order valence-electron chi connectivity index (χ3n) is 2.52. The van der Waals surface area contributed by atoms with Crippen LogP contribution in [0.25, 0.3) is 0 Å². The summed E-state index contributed by atoms with van der Waals surface area (Å²) in [6.07, 6.45) is 0.926. The lowest BCUT2D eigenvalue weighted by molar-refractivity contribution is 0.267. The first-order valence-corrected chi connectivity index (χ1v) is 4.68. The Kier molecular flexibility index (Phi) is 2.00. The maximum Gasteiger partial charge on any atom is 0.126 e. The van der Waals surface area contributed by atoms with Crippen LogP contribution in [-0.4, -0.2) is 6.61 Å². The molecule has 0 fully saturated rings. The Bertz CT molecular complexity index is 333. The van der Waals surface area contributed by atoms with Crippen LogP contribution in [0.15, 0.2) is 12.1 Å². The summed E-state index contributed by atoms with van der Waals surface area (Å²) in [6, 6.07) is 4.42. The minimum atomic E-state index is 0.155. The van der Waals surface area contributed by atoms with Gasteiger partial charge in [0.15, 0.2) is 0 Å². The van der Waals surface area contributed by atoms with Gasteiger partial charge in [0.25, 0.3) is 0 Å². The molecular formula is C11H15NO. The fourth-order valence-electron chi connectivity index (χ4n) is 1.90. The summed E-state index contributed by atoms with van der Waals surface area (Å²) >= 11 is 0. The number of ether oxygens (including phenoxy) is 1. The molecule has 13 heavy (non-hydrogen) atoms. The number of benzene rings is 1. The molecule has 0 bridgehead atoms. The van der Waals surface area contributed by atoms with Gasteiger partial charge in [0.05, 0.1) is 6.61 Å². The number of nitrogens with two attached hydrogens (primary N) is 1. The van der Waals surface area contributed by atoms with Crippen molar-refractivity contribution in [1.82, 2.24) is 0 Å². The average Bonchev–Trinajstić information content (AvgIpc) is 2.07. The van der Waals surface area contributed by atoms with Gasteiger partial charge in [-0.05, 0) is 19.4 Å². The van der Waals surface area contributed by atoms with E-state index < -0.39 is 0 Å². The lowest BCUT2D eigenvalue weighted by atomic mass is 9.96. The van der Waals surface area contributed by atoms with Crippen LogP contribution < -0.4 is 10.5 Å². The zero-order valence-electron chi connectivity index (χ0n) is 8.13. The molecule has 0 aliphatic carbocycles. The van der Waals surface area contributed by atoms with Gasteiger partial charge in [0.2, 0.25) is 0 Å². The van der Waals surface area contributed by atoms with Gasteiger partial charge in [-0.25, -0.2) is 0 Å². The predicted octanol–water partition coefficient (Wildman–Crippen LogP) is 2.09. The van der Waals surface area contributed by atoms with Crippen LogP contribution in [0, 0.1) is 13.8 Å². The summed E-state index contributed by atoms with van der Waals surface area (Å²) in [5.41, 5.74) is 9.63. The van der Waals surface area contributed by atoms with Crippen LogP contribution in [0.2, 0.25) is 0 Å². The van der Waals surface area contributed by atoms with Crippen molar-refractivity contribution in [2.24, 2.45) is 5.73 Å². The van der Waals surface area contributed by atoms with E-state index in [0.717, 1.165) is 18.8 Å². The molecule has 2 heteroatoms. The normalized spacial score (nSPS) is 20.7. The van der Waals surface area contributed by atoms with E-state index in [1.54, 1.807) is 0 Å². The van der Waals surface area contributed by atoms with Crippen LogP contribution in [0.5, 0.6) is 5.75 Å². The third-order valence-corrected chi connectivity index (χ3v) is 2.52. The molecule has 0 amide bonds. The number of hydrogen-bond donors (Lipinski definition) is 1. The Balaban J connectivity index is 2.56. The first-order valence-electron chi connectivity index (χ1n) is 4.68. The molecule has 70 valence electrons. The van der Waals surface area contributed by atoms with Gasteiger partial charge in [-0.3, -0.25) is 0 Å². The van der Waals surface area contributed by atoms with E-state index >= 15 is 0 Å². The van der Waals surface area contributed by atoms with Crippen molar-refractivity contribution in [3.8, 4) is 5.75 Å². The molecule has 0 spiro atoms. The van der Waals surface area contributed by atoms with Gasteiger partial charge < -0.3 is 10.5 Å².